The molecular weight excluding hydrogens is 294 g/mol. The van der Waals surface area contributed by atoms with Gasteiger partial charge in [-0.2, -0.15) is 0 Å². The standard InChI is InChI=1S/C18H15NO4/c1-2-22-18(21)19-14-9-5-3-7-12(14)17-11-15(20)13-8-4-6-10-16(13)23-17/h3-11H,2H2,1H3,(H,19,21). The van der Waals surface area contributed by atoms with Gasteiger partial charge in [0, 0.05) is 11.6 Å². The zero-order valence-corrected chi connectivity index (χ0v) is 12.5. The number of amides is 1. The topological polar surface area (TPSA) is 68.5 Å². The first-order valence-electron chi connectivity index (χ1n) is 7.25. The zero-order valence-electron chi connectivity index (χ0n) is 12.5. The van der Waals surface area contributed by atoms with Crippen molar-refractivity contribution >= 4 is 22.7 Å². The molecule has 0 radical (unpaired) electrons. The van der Waals surface area contributed by atoms with Crippen LogP contribution in [0.15, 0.2) is 63.8 Å². The zero-order chi connectivity index (χ0) is 16.2. The maximum Gasteiger partial charge on any atom is 0.411 e. The smallest absolute Gasteiger partial charge is 0.411 e. The van der Waals surface area contributed by atoms with Crippen LogP contribution in [0.2, 0.25) is 0 Å². The van der Waals surface area contributed by atoms with Crippen LogP contribution in [0, 0.1) is 0 Å². The maximum absolute atomic E-state index is 12.2. The van der Waals surface area contributed by atoms with Gasteiger partial charge in [-0.3, -0.25) is 10.1 Å². The van der Waals surface area contributed by atoms with Crippen molar-refractivity contribution in [3.05, 3.63) is 64.8 Å². The molecule has 1 amide bonds. The molecule has 0 fully saturated rings. The monoisotopic (exact) mass is 309 g/mol. The Labute approximate surface area is 132 Å². The summed E-state index contributed by atoms with van der Waals surface area (Å²) >= 11 is 0. The largest absolute Gasteiger partial charge is 0.456 e. The normalized spacial score (nSPS) is 10.5. The van der Waals surface area contributed by atoms with Gasteiger partial charge in [-0.25, -0.2) is 4.79 Å². The average molecular weight is 309 g/mol. The quantitative estimate of drug-likeness (QED) is 0.793. The fourth-order valence-electron chi connectivity index (χ4n) is 2.32. The molecular formula is C18H15NO4. The lowest BCUT2D eigenvalue weighted by Gasteiger charge is -2.10. The first-order chi connectivity index (χ1) is 11.2. The van der Waals surface area contributed by atoms with Gasteiger partial charge in [-0.15, -0.1) is 0 Å². The summed E-state index contributed by atoms with van der Waals surface area (Å²) in [6, 6.07) is 15.6. The molecule has 0 atom stereocenters. The Morgan fingerprint density at radius 1 is 1.13 bits per heavy atom. The number of nitrogens with one attached hydrogen (secondary N) is 1. The highest BCUT2D eigenvalue weighted by atomic mass is 16.5. The summed E-state index contributed by atoms with van der Waals surface area (Å²) in [6.45, 7) is 2.01. The molecule has 0 aliphatic heterocycles. The number of hydrogen-bond donors (Lipinski definition) is 1. The first-order valence-corrected chi connectivity index (χ1v) is 7.25. The number of carbonyl (C=O) groups excluding carboxylic acids is 1. The summed E-state index contributed by atoms with van der Waals surface area (Å²) < 4.78 is 10.7. The molecule has 3 rings (SSSR count). The highest BCUT2D eigenvalue weighted by Crippen LogP contribution is 2.29. The minimum atomic E-state index is -0.553. The minimum absolute atomic E-state index is 0.132. The molecule has 3 aromatic rings. The van der Waals surface area contributed by atoms with Gasteiger partial charge in [0.15, 0.2) is 5.43 Å². The van der Waals surface area contributed by atoms with E-state index in [0.29, 0.717) is 28.0 Å². The van der Waals surface area contributed by atoms with Crippen molar-refractivity contribution in [3.63, 3.8) is 0 Å². The van der Waals surface area contributed by atoms with Crippen LogP contribution < -0.4 is 10.7 Å². The Hall–Kier alpha value is -3.08. The van der Waals surface area contributed by atoms with Crippen LogP contribution in [-0.2, 0) is 4.74 Å². The van der Waals surface area contributed by atoms with E-state index in [1.165, 1.54) is 6.07 Å². The van der Waals surface area contributed by atoms with Crippen LogP contribution in [-0.4, -0.2) is 12.7 Å². The molecule has 23 heavy (non-hydrogen) atoms. The van der Waals surface area contributed by atoms with E-state index < -0.39 is 6.09 Å². The lowest BCUT2D eigenvalue weighted by Crippen LogP contribution is -2.14. The van der Waals surface area contributed by atoms with Crippen molar-refractivity contribution in [1.82, 2.24) is 0 Å². The molecule has 0 unspecified atom stereocenters. The number of rotatable bonds is 3. The van der Waals surface area contributed by atoms with E-state index in [1.807, 2.05) is 0 Å². The Morgan fingerprint density at radius 2 is 1.87 bits per heavy atom. The molecule has 1 aromatic heterocycles. The van der Waals surface area contributed by atoms with Gasteiger partial charge < -0.3 is 9.15 Å². The molecule has 5 nitrogen and oxygen atoms in total. The third-order valence-corrected chi connectivity index (χ3v) is 3.34. The van der Waals surface area contributed by atoms with E-state index in [-0.39, 0.29) is 12.0 Å². The molecule has 1 N–H and O–H groups in total. The van der Waals surface area contributed by atoms with Crippen molar-refractivity contribution in [1.29, 1.82) is 0 Å². The lowest BCUT2D eigenvalue weighted by molar-refractivity contribution is 0.168. The fraction of sp³-hybridized carbons (Fsp3) is 0.111. The van der Waals surface area contributed by atoms with Crippen molar-refractivity contribution in [2.45, 2.75) is 6.92 Å². The molecule has 0 saturated heterocycles. The summed E-state index contributed by atoms with van der Waals surface area (Å²) in [5.74, 6) is 0.390. The Morgan fingerprint density at radius 3 is 2.70 bits per heavy atom. The van der Waals surface area contributed by atoms with Crippen molar-refractivity contribution in [3.8, 4) is 11.3 Å². The number of hydrogen-bond acceptors (Lipinski definition) is 4. The van der Waals surface area contributed by atoms with Crippen LogP contribution in [0.25, 0.3) is 22.3 Å². The van der Waals surface area contributed by atoms with E-state index in [4.69, 9.17) is 9.15 Å². The third-order valence-electron chi connectivity index (χ3n) is 3.34. The van der Waals surface area contributed by atoms with Crippen molar-refractivity contribution in [2.24, 2.45) is 0 Å². The molecule has 1 heterocycles. The van der Waals surface area contributed by atoms with Gasteiger partial charge in [-0.05, 0) is 31.2 Å². The van der Waals surface area contributed by atoms with Crippen molar-refractivity contribution in [2.75, 3.05) is 11.9 Å². The number of carbonyl (C=O) groups is 1. The SMILES string of the molecule is CCOC(=O)Nc1ccccc1-c1cc(=O)c2ccccc2o1. The van der Waals surface area contributed by atoms with Gasteiger partial charge in [0.1, 0.15) is 11.3 Å². The Kier molecular flexibility index (Phi) is 4.10. The van der Waals surface area contributed by atoms with Gasteiger partial charge in [-0.1, -0.05) is 24.3 Å². The number of para-hydroxylation sites is 2. The van der Waals surface area contributed by atoms with E-state index >= 15 is 0 Å². The summed E-state index contributed by atoms with van der Waals surface area (Å²) in [5, 5.41) is 3.17. The summed E-state index contributed by atoms with van der Waals surface area (Å²) in [7, 11) is 0. The Bertz CT molecular complexity index is 914. The summed E-state index contributed by atoms with van der Waals surface area (Å²) in [4.78, 5) is 23.9. The van der Waals surface area contributed by atoms with Crippen LogP contribution in [0.1, 0.15) is 6.92 Å². The van der Waals surface area contributed by atoms with Crippen LogP contribution in [0.4, 0.5) is 10.5 Å². The Balaban J connectivity index is 2.08. The number of ether oxygens (including phenoxy) is 1. The average Bonchev–Trinajstić information content (AvgIpc) is 2.55. The van der Waals surface area contributed by atoms with E-state index in [1.54, 1.807) is 55.5 Å². The second-order valence-electron chi connectivity index (χ2n) is 4.86. The van der Waals surface area contributed by atoms with E-state index in [2.05, 4.69) is 5.32 Å². The van der Waals surface area contributed by atoms with E-state index in [0.717, 1.165) is 0 Å². The fourth-order valence-corrected chi connectivity index (χ4v) is 2.32. The minimum Gasteiger partial charge on any atom is -0.456 e. The van der Waals surface area contributed by atoms with Gasteiger partial charge in [0.05, 0.1) is 17.7 Å². The molecule has 0 aliphatic rings. The predicted molar refractivity (Wildman–Crippen MR) is 88.6 cm³/mol. The highest BCUT2D eigenvalue weighted by Gasteiger charge is 2.12. The second kappa shape index (κ2) is 6.36. The molecule has 0 spiro atoms. The van der Waals surface area contributed by atoms with Crippen LogP contribution >= 0.6 is 0 Å². The molecule has 0 bridgehead atoms. The first kappa shape index (κ1) is 14.8. The predicted octanol–water partition coefficient (Wildman–Crippen LogP) is 4.03. The molecule has 0 saturated carbocycles. The van der Waals surface area contributed by atoms with E-state index in [9.17, 15) is 9.59 Å². The van der Waals surface area contributed by atoms with Crippen LogP contribution in [0.5, 0.6) is 0 Å². The molecule has 0 aliphatic carbocycles. The van der Waals surface area contributed by atoms with Gasteiger partial charge >= 0.3 is 6.09 Å². The van der Waals surface area contributed by atoms with Crippen LogP contribution in [0.3, 0.4) is 0 Å². The molecule has 2 aromatic carbocycles. The lowest BCUT2D eigenvalue weighted by atomic mass is 10.1. The summed E-state index contributed by atoms with van der Waals surface area (Å²) in [5.41, 5.74) is 1.50. The highest BCUT2D eigenvalue weighted by molar-refractivity contribution is 5.91. The van der Waals surface area contributed by atoms with Gasteiger partial charge in [0.25, 0.3) is 0 Å². The summed E-state index contributed by atoms with van der Waals surface area (Å²) in [6.07, 6.45) is -0.553. The van der Waals surface area contributed by atoms with Gasteiger partial charge in [0.2, 0.25) is 0 Å². The maximum atomic E-state index is 12.2. The number of anilines is 1. The number of benzene rings is 2. The number of fused-ring (bicyclic) bond motifs is 1. The molecule has 116 valence electrons. The molecule has 5 heteroatoms. The third kappa shape index (κ3) is 3.08. The van der Waals surface area contributed by atoms with Crippen molar-refractivity contribution < 1.29 is 13.9 Å². The second-order valence-corrected chi connectivity index (χ2v) is 4.86.